The summed E-state index contributed by atoms with van der Waals surface area (Å²) in [5, 5.41) is 7.85. The van der Waals surface area contributed by atoms with E-state index in [-0.39, 0.29) is 0 Å². The summed E-state index contributed by atoms with van der Waals surface area (Å²) in [6, 6.07) is 2.55. The Bertz CT molecular complexity index is 370. The van der Waals surface area contributed by atoms with Crippen molar-refractivity contribution in [3.05, 3.63) is 18.0 Å². The topological polar surface area (TPSA) is 41.3 Å². The van der Waals surface area contributed by atoms with Gasteiger partial charge in [0.2, 0.25) is 0 Å². The van der Waals surface area contributed by atoms with E-state index >= 15 is 0 Å². The molecule has 100 valence electrons. The van der Waals surface area contributed by atoms with Gasteiger partial charge in [-0.3, -0.25) is 4.90 Å². The van der Waals surface area contributed by atoms with Crippen LogP contribution in [0.3, 0.4) is 0 Å². The molecule has 18 heavy (non-hydrogen) atoms. The number of nitrogens with one attached hydrogen (secondary N) is 1. The minimum Gasteiger partial charge on any atom is -0.364 e. The summed E-state index contributed by atoms with van der Waals surface area (Å²) in [5.74, 6) is 0. The van der Waals surface area contributed by atoms with Gasteiger partial charge in [0.1, 0.15) is 6.26 Å². The van der Waals surface area contributed by atoms with Crippen molar-refractivity contribution in [3.63, 3.8) is 0 Å². The predicted octanol–water partition coefficient (Wildman–Crippen LogP) is 2.17. The maximum Gasteiger partial charge on any atom is 0.124 e. The molecule has 1 spiro atoms. The van der Waals surface area contributed by atoms with Crippen LogP contribution >= 0.6 is 0 Å². The number of hydrogen-bond donors (Lipinski definition) is 1. The van der Waals surface area contributed by atoms with E-state index < -0.39 is 0 Å². The van der Waals surface area contributed by atoms with Crippen LogP contribution < -0.4 is 5.32 Å². The highest BCUT2D eigenvalue weighted by Gasteiger charge is 2.38. The molecule has 0 radical (unpaired) electrons. The second kappa shape index (κ2) is 5.02. The third kappa shape index (κ3) is 2.45. The zero-order chi connectivity index (χ0) is 12.4. The molecule has 1 atom stereocenters. The van der Waals surface area contributed by atoms with E-state index in [4.69, 9.17) is 4.52 Å². The average Bonchev–Trinajstić information content (AvgIpc) is 2.88. The van der Waals surface area contributed by atoms with Crippen LogP contribution in [0.2, 0.25) is 0 Å². The molecule has 4 heteroatoms. The molecule has 1 N–H and O–H groups in total. The van der Waals surface area contributed by atoms with Gasteiger partial charge in [-0.15, -0.1) is 0 Å². The Morgan fingerprint density at radius 2 is 2.28 bits per heavy atom. The van der Waals surface area contributed by atoms with Gasteiger partial charge >= 0.3 is 0 Å². The van der Waals surface area contributed by atoms with Crippen molar-refractivity contribution in [2.24, 2.45) is 0 Å². The molecule has 2 fully saturated rings. The van der Waals surface area contributed by atoms with Crippen LogP contribution in [0.4, 0.5) is 0 Å². The third-order valence-corrected chi connectivity index (χ3v) is 4.57. The molecule has 2 aliphatic rings. The van der Waals surface area contributed by atoms with Crippen molar-refractivity contribution in [2.75, 3.05) is 13.1 Å². The van der Waals surface area contributed by atoms with Gasteiger partial charge in [-0.1, -0.05) is 24.4 Å². The number of nitrogens with zero attached hydrogens (tertiary/aromatic N) is 2. The van der Waals surface area contributed by atoms with Crippen LogP contribution in [-0.2, 0) is 6.54 Å². The molecular weight excluding hydrogens is 226 g/mol. The summed E-state index contributed by atoms with van der Waals surface area (Å²) < 4.78 is 4.94. The molecular formula is C14H23N3O. The lowest BCUT2D eigenvalue weighted by atomic mass is 9.79. The van der Waals surface area contributed by atoms with E-state index in [0.29, 0.717) is 11.6 Å². The summed E-state index contributed by atoms with van der Waals surface area (Å²) in [7, 11) is 0. The molecule has 1 aliphatic carbocycles. The lowest BCUT2D eigenvalue weighted by molar-refractivity contribution is 0.0557. The fourth-order valence-corrected chi connectivity index (χ4v) is 3.40. The maximum absolute atomic E-state index is 4.94. The van der Waals surface area contributed by atoms with Crippen molar-refractivity contribution in [3.8, 4) is 0 Å². The van der Waals surface area contributed by atoms with Gasteiger partial charge in [0, 0.05) is 37.3 Å². The lowest BCUT2D eigenvalue weighted by Crippen LogP contribution is -2.63. The fourth-order valence-electron chi connectivity index (χ4n) is 3.40. The third-order valence-electron chi connectivity index (χ3n) is 4.57. The SMILES string of the molecule is CC1CNC2(CCCCC2)CN1Cc1ccon1. The Kier molecular flexibility index (Phi) is 3.39. The minimum absolute atomic E-state index is 0.370. The zero-order valence-corrected chi connectivity index (χ0v) is 11.2. The summed E-state index contributed by atoms with van der Waals surface area (Å²) in [4.78, 5) is 2.56. The standard InChI is InChI=1S/C14H23N3O/c1-12-9-15-14(6-3-2-4-7-14)11-17(12)10-13-5-8-18-16-13/h5,8,12,15H,2-4,6-7,9-11H2,1H3. The van der Waals surface area contributed by atoms with Gasteiger partial charge in [0.05, 0.1) is 5.69 Å². The van der Waals surface area contributed by atoms with Crippen LogP contribution in [-0.4, -0.2) is 34.7 Å². The first kappa shape index (κ1) is 12.2. The van der Waals surface area contributed by atoms with Crippen molar-refractivity contribution in [2.45, 2.75) is 57.2 Å². The molecule has 0 aromatic carbocycles. The number of hydrogen-bond acceptors (Lipinski definition) is 4. The van der Waals surface area contributed by atoms with Gasteiger partial charge in [0.15, 0.2) is 0 Å². The van der Waals surface area contributed by atoms with Crippen LogP contribution in [0.15, 0.2) is 16.9 Å². The van der Waals surface area contributed by atoms with E-state index in [1.54, 1.807) is 6.26 Å². The van der Waals surface area contributed by atoms with Crippen molar-refractivity contribution in [1.29, 1.82) is 0 Å². The highest BCUT2D eigenvalue weighted by Crippen LogP contribution is 2.32. The van der Waals surface area contributed by atoms with Gasteiger partial charge in [-0.05, 0) is 19.8 Å². The lowest BCUT2D eigenvalue weighted by Gasteiger charge is -2.48. The Morgan fingerprint density at radius 1 is 1.44 bits per heavy atom. The summed E-state index contributed by atoms with van der Waals surface area (Å²) in [6.07, 6.45) is 8.48. The summed E-state index contributed by atoms with van der Waals surface area (Å²) >= 11 is 0. The zero-order valence-electron chi connectivity index (χ0n) is 11.2. The quantitative estimate of drug-likeness (QED) is 0.872. The largest absolute Gasteiger partial charge is 0.364 e. The van der Waals surface area contributed by atoms with Gasteiger partial charge < -0.3 is 9.84 Å². The number of rotatable bonds is 2. The van der Waals surface area contributed by atoms with Crippen LogP contribution in [0.5, 0.6) is 0 Å². The first-order valence-electron chi connectivity index (χ1n) is 7.16. The first-order valence-corrected chi connectivity index (χ1v) is 7.16. The fraction of sp³-hybridized carbons (Fsp3) is 0.786. The molecule has 1 aromatic rings. The molecule has 4 nitrogen and oxygen atoms in total. The van der Waals surface area contributed by atoms with Gasteiger partial charge in [0.25, 0.3) is 0 Å². The molecule has 3 rings (SSSR count). The first-order chi connectivity index (χ1) is 8.77. The van der Waals surface area contributed by atoms with Crippen LogP contribution in [0.25, 0.3) is 0 Å². The number of aromatic nitrogens is 1. The molecule has 1 aliphatic heterocycles. The van der Waals surface area contributed by atoms with E-state index in [0.717, 1.165) is 25.3 Å². The second-order valence-corrected chi connectivity index (χ2v) is 5.97. The van der Waals surface area contributed by atoms with E-state index in [9.17, 15) is 0 Å². The Balaban J connectivity index is 1.68. The van der Waals surface area contributed by atoms with Gasteiger partial charge in [-0.25, -0.2) is 0 Å². The molecule has 2 heterocycles. The van der Waals surface area contributed by atoms with E-state index in [2.05, 4.69) is 22.3 Å². The molecule has 1 unspecified atom stereocenters. The maximum atomic E-state index is 4.94. The minimum atomic E-state index is 0.370. The van der Waals surface area contributed by atoms with Crippen molar-refractivity contribution < 1.29 is 4.52 Å². The van der Waals surface area contributed by atoms with Crippen LogP contribution in [0.1, 0.15) is 44.7 Å². The molecule has 1 saturated carbocycles. The molecule has 0 amide bonds. The highest BCUT2D eigenvalue weighted by molar-refractivity contribution is 5.02. The van der Waals surface area contributed by atoms with E-state index in [1.807, 2.05) is 6.07 Å². The Labute approximate surface area is 109 Å². The highest BCUT2D eigenvalue weighted by atomic mass is 16.5. The molecule has 1 aromatic heterocycles. The summed E-state index contributed by atoms with van der Waals surface area (Å²) in [6.45, 7) is 5.46. The molecule has 1 saturated heterocycles. The predicted molar refractivity (Wildman–Crippen MR) is 70.2 cm³/mol. The Morgan fingerprint density at radius 3 is 3.00 bits per heavy atom. The Hall–Kier alpha value is -0.870. The van der Waals surface area contributed by atoms with Crippen molar-refractivity contribution in [1.82, 2.24) is 15.4 Å². The van der Waals surface area contributed by atoms with Crippen molar-refractivity contribution >= 4 is 0 Å². The average molecular weight is 249 g/mol. The van der Waals surface area contributed by atoms with Gasteiger partial charge in [-0.2, -0.15) is 0 Å². The summed E-state index contributed by atoms with van der Waals surface area (Å²) in [5.41, 5.74) is 1.42. The molecule has 0 bridgehead atoms. The smallest absolute Gasteiger partial charge is 0.124 e. The number of piperazine rings is 1. The van der Waals surface area contributed by atoms with E-state index in [1.165, 1.54) is 32.1 Å². The normalized spacial score (nSPS) is 28.6. The second-order valence-electron chi connectivity index (χ2n) is 5.97. The van der Waals surface area contributed by atoms with Crippen LogP contribution in [0, 0.1) is 0 Å². The monoisotopic (exact) mass is 249 g/mol.